The minimum Gasteiger partial charge on any atom is -0.237 e. The third-order valence-electron chi connectivity index (χ3n) is 2.51. The molecular weight excluding hydrogens is 224 g/mol. The van der Waals surface area contributed by atoms with E-state index in [4.69, 9.17) is 0 Å². The van der Waals surface area contributed by atoms with Crippen LogP contribution in [-0.2, 0) is 0 Å². The molecule has 0 heterocycles. The van der Waals surface area contributed by atoms with Crippen molar-refractivity contribution in [3.8, 4) is 0 Å². The topological polar surface area (TPSA) is 31.2 Å². The minimum atomic E-state index is 1.04. The quantitative estimate of drug-likeness (QED) is 0.603. The third-order valence-corrected chi connectivity index (χ3v) is 2.51. The van der Waals surface area contributed by atoms with Gasteiger partial charge < -0.3 is 0 Å². The van der Waals surface area contributed by atoms with Crippen molar-refractivity contribution in [3.63, 3.8) is 0 Å². The summed E-state index contributed by atoms with van der Waals surface area (Å²) in [5, 5.41) is 11.6. The molecule has 0 saturated carbocycles. The highest BCUT2D eigenvalue weighted by molar-refractivity contribution is 5.61. The third kappa shape index (κ3) is 2.66. The molecule has 4 heteroatoms. The standard InChI is InChI=1S/C14H16N4/c1-15-16-17(2)18(13-9-5-3-6-10-13)14-11-7-4-8-12-14/h3-12H,1-2H3. The number of anilines is 2. The molecule has 92 valence electrons. The van der Waals surface area contributed by atoms with E-state index >= 15 is 0 Å². The Morgan fingerprint density at radius 1 is 0.778 bits per heavy atom. The normalized spacial score (nSPS) is 10.6. The Kier molecular flexibility index (Phi) is 3.91. The highest BCUT2D eigenvalue weighted by atomic mass is 15.8. The number of rotatable bonds is 4. The van der Waals surface area contributed by atoms with E-state index in [9.17, 15) is 0 Å². The SMILES string of the molecule is CN=NN(C)N(c1ccccc1)c1ccccc1. The molecule has 0 aliphatic rings. The monoisotopic (exact) mass is 240 g/mol. The lowest BCUT2D eigenvalue weighted by molar-refractivity contribution is 0.335. The highest BCUT2D eigenvalue weighted by Crippen LogP contribution is 2.26. The van der Waals surface area contributed by atoms with Gasteiger partial charge in [0.15, 0.2) is 0 Å². The molecule has 0 amide bonds. The maximum absolute atomic E-state index is 4.06. The molecule has 0 aromatic heterocycles. The number of para-hydroxylation sites is 2. The first-order valence-corrected chi connectivity index (χ1v) is 5.76. The zero-order valence-electron chi connectivity index (χ0n) is 10.6. The zero-order valence-corrected chi connectivity index (χ0v) is 10.6. The second kappa shape index (κ2) is 5.82. The number of benzene rings is 2. The Balaban J connectivity index is 2.41. The van der Waals surface area contributed by atoms with Crippen molar-refractivity contribution in [2.24, 2.45) is 10.3 Å². The van der Waals surface area contributed by atoms with Crippen molar-refractivity contribution in [1.82, 2.24) is 5.12 Å². The average Bonchev–Trinajstić information content (AvgIpc) is 2.42. The molecule has 0 fully saturated rings. The van der Waals surface area contributed by atoms with Gasteiger partial charge in [0.05, 0.1) is 18.4 Å². The van der Waals surface area contributed by atoms with Crippen LogP contribution < -0.4 is 5.01 Å². The fourth-order valence-electron chi connectivity index (χ4n) is 1.79. The van der Waals surface area contributed by atoms with Gasteiger partial charge in [-0.1, -0.05) is 41.6 Å². The molecule has 0 N–H and O–H groups in total. The van der Waals surface area contributed by atoms with Crippen LogP contribution in [0.3, 0.4) is 0 Å². The molecule has 0 atom stereocenters. The molecule has 4 nitrogen and oxygen atoms in total. The lowest BCUT2D eigenvalue weighted by Gasteiger charge is -2.30. The van der Waals surface area contributed by atoms with Crippen molar-refractivity contribution in [2.45, 2.75) is 0 Å². The molecule has 0 spiro atoms. The molecule has 0 saturated heterocycles. The van der Waals surface area contributed by atoms with Gasteiger partial charge in [0.25, 0.3) is 0 Å². The van der Waals surface area contributed by atoms with Crippen LogP contribution >= 0.6 is 0 Å². The van der Waals surface area contributed by atoms with Gasteiger partial charge >= 0.3 is 0 Å². The Morgan fingerprint density at radius 3 is 1.61 bits per heavy atom. The van der Waals surface area contributed by atoms with Crippen molar-refractivity contribution >= 4 is 11.4 Å². The van der Waals surface area contributed by atoms with Crippen LogP contribution in [0.4, 0.5) is 11.4 Å². The van der Waals surface area contributed by atoms with Gasteiger partial charge in [-0.25, -0.2) is 5.01 Å². The Bertz CT molecular complexity index is 456. The number of hydrogen-bond acceptors (Lipinski definition) is 3. The lowest BCUT2D eigenvalue weighted by atomic mass is 10.2. The van der Waals surface area contributed by atoms with Gasteiger partial charge in [-0.3, -0.25) is 0 Å². The van der Waals surface area contributed by atoms with E-state index in [0.717, 1.165) is 11.4 Å². The van der Waals surface area contributed by atoms with Crippen LogP contribution in [0, 0.1) is 0 Å². The van der Waals surface area contributed by atoms with E-state index in [0.29, 0.717) is 0 Å². The van der Waals surface area contributed by atoms with E-state index in [1.807, 2.05) is 72.7 Å². The zero-order chi connectivity index (χ0) is 12.8. The van der Waals surface area contributed by atoms with Gasteiger partial charge in [-0.05, 0) is 24.3 Å². The predicted octanol–water partition coefficient (Wildman–Crippen LogP) is 3.67. The molecule has 18 heavy (non-hydrogen) atoms. The van der Waals surface area contributed by atoms with Gasteiger partial charge in [0, 0.05) is 7.05 Å². The summed E-state index contributed by atoms with van der Waals surface area (Å²) in [6.07, 6.45) is 0. The molecule has 0 aliphatic carbocycles. The van der Waals surface area contributed by atoms with E-state index in [-0.39, 0.29) is 0 Å². The molecular formula is C14H16N4. The molecule has 0 bridgehead atoms. The molecule has 2 aromatic rings. The van der Waals surface area contributed by atoms with Crippen molar-refractivity contribution in [1.29, 1.82) is 0 Å². The minimum absolute atomic E-state index is 1.04. The molecule has 0 radical (unpaired) electrons. The van der Waals surface area contributed by atoms with Gasteiger partial charge in [0.2, 0.25) is 0 Å². The predicted molar refractivity (Wildman–Crippen MR) is 73.6 cm³/mol. The van der Waals surface area contributed by atoms with Crippen molar-refractivity contribution in [3.05, 3.63) is 60.7 Å². The van der Waals surface area contributed by atoms with Gasteiger partial charge in [0.1, 0.15) is 0 Å². The average molecular weight is 240 g/mol. The maximum atomic E-state index is 4.06. The largest absolute Gasteiger partial charge is 0.237 e. The second-order valence-electron chi connectivity index (χ2n) is 3.76. The maximum Gasteiger partial charge on any atom is 0.0649 e. The van der Waals surface area contributed by atoms with E-state index in [1.54, 1.807) is 12.2 Å². The summed E-state index contributed by atoms with van der Waals surface area (Å²) in [5.74, 6) is 0. The number of hydrazine groups is 1. The smallest absolute Gasteiger partial charge is 0.0649 e. The summed E-state index contributed by atoms with van der Waals surface area (Å²) in [4.78, 5) is 0. The fraction of sp³-hybridized carbons (Fsp3) is 0.143. The Hall–Kier alpha value is -2.36. The lowest BCUT2D eigenvalue weighted by Crippen LogP contribution is -2.31. The molecule has 0 aliphatic heterocycles. The summed E-state index contributed by atoms with van der Waals surface area (Å²) in [5.41, 5.74) is 2.08. The number of hydrogen-bond donors (Lipinski definition) is 0. The van der Waals surface area contributed by atoms with Crippen LogP contribution in [-0.4, -0.2) is 19.2 Å². The summed E-state index contributed by atoms with van der Waals surface area (Å²) in [6.45, 7) is 0. The first-order valence-electron chi connectivity index (χ1n) is 5.76. The van der Waals surface area contributed by atoms with Crippen LogP contribution in [0.15, 0.2) is 71.0 Å². The van der Waals surface area contributed by atoms with Crippen LogP contribution in [0.25, 0.3) is 0 Å². The Morgan fingerprint density at radius 2 is 1.22 bits per heavy atom. The summed E-state index contributed by atoms with van der Waals surface area (Å²) >= 11 is 0. The Labute approximate surface area is 107 Å². The summed E-state index contributed by atoms with van der Waals surface area (Å²) in [6, 6.07) is 20.1. The van der Waals surface area contributed by atoms with Gasteiger partial charge in [-0.2, -0.15) is 10.2 Å². The first kappa shape index (κ1) is 12.1. The molecule has 0 unspecified atom stereocenters. The van der Waals surface area contributed by atoms with Crippen LogP contribution in [0.2, 0.25) is 0 Å². The number of nitrogens with zero attached hydrogens (tertiary/aromatic N) is 4. The summed E-state index contributed by atoms with van der Waals surface area (Å²) in [7, 11) is 3.53. The van der Waals surface area contributed by atoms with E-state index in [1.165, 1.54) is 0 Å². The van der Waals surface area contributed by atoms with Crippen molar-refractivity contribution in [2.75, 3.05) is 19.1 Å². The first-order chi connectivity index (χ1) is 8.83. The van der Waals surface area contributed by atoms with Gasteiger partial charge in [-0.15, -0.1) is 0 Å². The van der Waals surface area contributed by atoms with Crippen LogP contribution in [0.5, 0.6) is 0 Å². The highest BCUT2D eigenvalue weighted by Gasteiger charge is 2.12. The van der Waals surface area contributed by atoms with E-state index < -0.39 is 0 Å². The fourth-order valence-corrected chi connectivity index (χ4v) is 1.79. The molecule has 2 rings (SSSR count). The van der Waals surface area contributed by atoms with Crippen LogP contribution in [0.1, 0.15) is 0 Å². The van der Waals surface area contributed by atoms with E-state index in [2.05, 4.69) is 10.3 Å². The second-order valence-corrected chi connectivity index (χ2v) is 3.76. The van der Waals surface area contributed by atoms with Crippen molar-refractivity contribution < 1.29 is 0 Å². The summed E-state index contributed by atoms with van der Waals surface area (Å²) < 4.78 is 0. The molecule has 2 aromatic carbocycles.